The number of likely N-dealkylation sites (N-methyl/N-ethyl adjacent to an activating group) is 1. The monoisotopic (exact) mass is 468 g/mol. The number of aliphatic hydroxyl groups is 1. The van der Waals surface area contributed by atoms with Crippen LogP contribution in [-0.4, -0.2) is 83.6 Å². The first-order valence-corrected chi connectivity index (χ1v) is 11.5. The maximum Gasteiger partial charge on any atom is 0.257 e. The molecule has 0 aliphatic carbocycles. The number of rotatable bonds is 10. The summed E-state index contributed by atoms with van der Waals surface area (Å²) in [5.74, 6) is 0.165. The van der Waals surface area contributed by atoms with E-state index in [0.717, 1.165) is 55.7 Å². The predicted octanol–water partition coefficient (Wildman–Crippen LogP) is 1.78. The molecule has 1 saturated heterocycles. The van der Waals surface area contributed by atoms with Crippen molar-refractivity contribution in [3.63, 3.8) is 0 Å². The van der Waals surface area contributed by atoms with Gasteiger partial charge in [-0.2, -0.15) is 0 Å². The molecule has 1 fully saturated rings. The molecule has 9 nitrogen and oxygen atoms in total. The Morgan fingerprint density at radius 2 is 2.00 bits per heavy atom. The van der Waals surface area contributed by atoms with Crippen LogP contribution in [-0.2, 0) is 9.59 Å². The predicted molar refractivity (Wildman–Crippen MR) is 133 cm³/mol. The molecule has 1 aromatic carbocycles. The van der Waals surface area contributed by atoms with Crippen LogP contribution < -0.4 is 10.2 Å². The summed E-state index contributed by atoms with van der Waals surface area (Å²) in [4.78, 5) is 34.7. The van der Waals surface area contributed by atoms with Gasteiger partial charge in [-0.3, -0.25) is 14.5 Å². The van der Waals surface area contributed by atoms with Gasteiger partial charge in [-0.25, -0.2) is 4.98 Å². The van der Waals surface area contributed by atoms with Gasteiger partial charge in [-0.15, -0.1) is 0 Å². The quantitative estimate of drug-likeness (QED) is 0.238. The number of piperazine rings is 1. The molecule has 174 valence electrons. The van der Waals surface area contributed by atoms with Gasteiger partial charge in [0.25, 0.3) is 5.91 Å². The zero-order valence-electron chi connectivity index (χ0n) is 18.5. The second-order valence-electron chi connectivity index (χ2n) is 7.37. The second kappa shape index (κ2) is 12.1. The van der Waals surface area contributed by atoms with E-state index in [2.05, 4.69) is 37.2 Å². The number of β-amino-alcohol motifs (C(OH)–C–C–N with tert-alkyl or cyclic N) is 1. The Kier molecular flexibility index (Phi) is 8.99. The number of hydrogen-bond donors (Lipinski definition) is 4. The van der Waals surface area contributed by atoms with Crippen molar-refractivity contribution >= 4 is 40.8 Å². The Bertz CT molecular complexity index is 1020. The van der Waals surface area contributed by atoms with Crippen molar-refractivity contribution in [1.82, 2.24) is 20.2 Å². The number of aliphatic hydroxyl groups excluding tert-OH is 1. The number of thioether (sulfide) groups is 1. The topological polar surface area (TPSA) is 125 Å². The molecule has 10 heteroatoms. The lowest BCUT2D eigenvalue weighted by molar-refractivity contribution is -0.116. The number of allylic oxidation sites excluding steroid dienone is 2. The summed E-state index contributed by atoms with van der Waals surface area (Å²) in [6.07, 6.45) is 6.23. The van der Waals surface area contributed by atoms with E-state index in [9.17, 15) is 9.59 Å². The van der Waals surface area contributed by atoms with Crippen molar-refractivity contribution < 1.29 is 14.7 Å². The number of H-pyrrole nitrogens is 1. The fraction of sp³-hybridized carbons (Fsp3) is 0.304. The summed E-state index contributed by atoms with van der Waals surface area (Å²) < 4.78 is 0. The molecule has 1 aliphatic heterocycles. The van der Waals surface area contributed by atoms with Crippen molar-refractivity contribution in [3.8, 4) is 11.3 Å². The van der Waals surface area contributed by atoms with E-state index >= 15 is 0 Å². The standard InChI is InChI=1S/C23H28N6O3S/c1-25-23(32)21(33-16-31)14-18(24)4-7-22-26-15-20(27-22)17-2-5-19(6-3-17)29-10-8-28(9-11-29)12-13-30/h2-7,14-16,24,30H,8-13H2,1H3,(H,25,32)(H,26,27)/b7-4-,21-14-,24-18?. The maximum absolute atomic E-state index is 11.7. The lowest BCUT2D eigenvalue weighted by Crippen LogP contribution is -2.47. The first-order chi connectivity index (χ1) is 16.0. The van der Waals surface area contributed by atoms with E-state index in [1.165, 1.54) is 24.9 Å². The molecule has 1 amide bonds. The van der Waals surface area contributed by atoms with Gasteiger partial charge in [0.05, 0.1) is 29.1 Å². The summed E-state index contributed by atoms with van der Waals surface area (Å²) in [7, 11) is 1.47. The Hall–Kier alpha value is -3.21. The highest BCUT2D eigenvalue weighted by molar-refractivity contribution is 8.16. The number of hydrogen-bond acceptors (Lipinski definition) is 8. The van der Waals surface area contributed by atoms with Gasteiger partial charge in [0, 0.05) is 45.5 Å². The van der Waals surface area contributed by atoms with E-state index in [1.54, 1.807) is 12.3 Å². The Morgan fingerprint density at radius 1 is 1.27 bits per heavy atom. The number of nitrogens with zero attached hydrogens (tertiary/aromatic N) is 3. The summed E-state index contributed by atoms with van der Waals surface area (Å²) in [6, 6.07) is 8.29. The molecular weight excluding hydrogens is 440 g/mol. The van der Waals surface area contributed by atoms with Crippen LogP contribution >= 0.6 is 11.8 Å². The van der Waals surface area contributed by atoms with Crippen LogP contribution in [0.3, 0.4) is 0 Å². The lowest BCUT2D eigenvalue weighted by Gasteiger charge is -2.35. The van der Waals surface area contributed by atoms with E-state index < -0.39 is 5.91 Å². The van der Waals surface area contributed by atoms with Gasteiger partial charge >= 0.3 is 0 Å². The molecule has 0 bridgehead atoms. The Balaban J connectivity index is 1.61. The van der Waals surface area contributed by atoms with Gasteiger partial charge < -0.3 is 25.7 Å². The number of anilines is 1. The molecule has 1 aliphatic rings. The number of amides is 1. The normalized spacial score (nSPS) is 15.1. The molecule has 0 spiro atoms. The molecule has 1 aromatic heterocycles. The molecule has 0 radical (unpaired) electrons. The molecule has 2 heterocycles. The minimum absolute atomic E-state index is 0.0735. The Morgan fingerprint density at radius 3 is 2.64 bits per heavy atom. The van der Waals surface area contributed by atoms with Crippen LogP contribution in [0.15, 0.2) is 47.5 Å². The summed E-state index contributed by atoms with van der Waals surface area (Å²) >= 11 is 0.728. The molecule has 33 heavy (non-hydrogen) atoms. The minimum atomic E-state index is -0.416. The van der Waals surface area contributed by atoms with Gasteiger partial charge in [0.15, 0.2) is 5.62 Å². The highest BCUT2D eigenvalue weighted by atomic mass is 32.2. The first kappa shape index (κ1) is 24.4. The summed E-state index contributed by atoms with van der Waals surface area (Å²) in [6.45, 7) is 4.69. The average molecular weight is 469 g/mol. The van der Waals surface area contributed by atoms with E-state index in [1.807, 2.05) is 12.1 Å². The summed E-state index contributed by atoms with van der Waals surface area (Å²) in [5.41, 5.74) is 3.66. The number of carbonyl (C=O) groups excluding carboxylic acids is 2. The van der Waals surface area contributed by atoms with Crippen molar-refractivity contribution in [1.29, 1.82) is 5.41 Å². The maximum atomic E-state index is 11.7. The van der Waals surface area contributed by atoms with Gasteiger partial charge in [0.2, 0.25) is 0 Å². The molecule has 2 aromatic rings. The third-order valence-electron chi connectivity index (χ3n) is 5.26. The zero-order valence-corrected chi connectivity index (χ0v) is 19.3. The van der Waals surface area contributed by atoms with Gasteiger partial charge in [0.1, 0.15) is 5.82 Å². The summed E-state index contributed by atoms with van der Waals surface area (Å²) in [5, 5.41) is 19.5. The first-order valence-electron chi connectivity index (χ1n) is 10.6. The molecule has 4 N–H and O–H groups in total. The number of nitrogens with one attached hydrogen (secondary N) is 3. The van der Waals surface area contributed by atoms with Gasteiger partial charge in [-0.05, 0) is 47.7 Å². The number of aromatic nitrogens is 2. The molecule has 0 atom stereocenters. The van der Waals surface area contributed by atoms with Crippen LogP contribution in [0.1, 0.15) is 5.82 Å². The fourth-order valence-electron chi connectivity index (χ4n) is 3.48. The number of benzene rings is 1. The van der Waals surface area contributed by atoms with Crippen LogP contribution in [0.5, 0.6) is 0 Å². The smallest absolute Gasteiger partial charge is 0.257 e. The average Bonchev–Trinajstić information content (AvgIpc) is 3.32. The van der Waals surface area contributed by atoms with Crippen molar-refractivity contribution in [2.75, 3.05) is 51.3 Å². The molecule has 3 rings (SSSR count). The molecule has 0 unspecified atom stereocenters. The van der Waals surface area contributed by atoms with Crippen molar-refractivity contribution in [2.24, 2.45) is 0 Å². The number of imidazole rings is 1. The molecule has 0 saturated carbocycles. The van der Waals surface area contributed by atoms with E-state index in [4.69, 9.17) is 10.5 Å². The van der Waals surface area contributed by atoms with Crippen molar-refractivity contribution in [2.45, 2.75) is 0 Å². The number of aromatic amines is 1. The largest absolute Gasteiger partial charge is 0.395 e. The third-order valence-corrected chi connectivity index (χ3v) is 5.91. The van der Waals surface area contributed by atoms with Crippen molar-refractivity contribution in [3.05, 3.63) is 53.3 Å². The lowest BCUT2D eigenvalue weighted by atomic mass is 10.1. The minimum Gasteiger partial charge on any atom is -0.395 e. The SMILES string of the molecule is CNC(=O)/C(=C/C(=N)/C=C\c1ncc(-c2ccc(N3CCN(CCO)CC3)cc2)[nH]1)SC=O. The zero-order chi connectivity index (χ0) is 23.6. The second-order valence-corrected chi connectivity index (χ2v) is 8.24. The highest BCUT2D eigenvalue weighted by Gasteiger charge is 2.16. The van der Waals surface area contributed by atoms with Crippen LogP contribution in [0.4, 0.5) is 5.69 Å². The van der Waals surface area contributed by atoms with Crippen LogP contribution in [0.2, 0.25) is 0 Å². The molecular formula is C23H28N6O3S. The van der Waals surface area contributed by atoms with Gasteiger partial charge in [-0.1, -0.05) is 12.1 Å². The van der Waals surface area contributed by atoms with Crippen LogP contribution in [0, 0.1) is 5.41 Å². The fourth-order valence-corrected chi connectivity index (χ4v) is 3.98. The van der Waals surface area contributed by atoms with Crippen LogP contribution in [0.25, 0.3) is 17.3 Å². The number of carbonyl (C=O) groups is 2. The third kappa shape index (κ3) is 6.88. The highest BCUT2D eigenvalue weighted by Crippen LogP contribution is 2.23. The van der Waals surface area contributed by atoms with E-state index in [0.29, 0.717) is 11.4 Å². The van der Waals surface area contributed by atoms with E-state index in [-0.39, 0.29) is 17.2 Å². The Labute approximate surface area is 197 Å².